The zero-order valence-corrected chi connectivity index (χ0v) is 14.1. The summed E-state index contributed by atoms with van der Waals surface area (Å²) in [4.78, 5) is 25.4. The van der Waals surface area contributed by atoms with Crippen LogP contribution in [0.2, 0.25) is 0 Å². The van der Waals surface area contributed by atoms with E-state index in [4.69, 9.17) is 0 Å². The third-order valence-electron chi connectivity index (χ3n) is 3.94. The molecular weight excluding hydrogens is 383 g/mol. The van der Waals surface area contributed by atoms with Crippen LogP contribution in [-0.2, 0) is 14.5 Å². The van der Waals surface area contributed by atoms with Gasteiger partial charge in [0.05, 0.1) is 5.75 Å². The lowest BCUT2D eigenvalue weighted by molar-refractivity contribution is -0.122. The van der Waals surface area contributed by atoms with Crippen molar-refractivity contribution < 1.29 is 14.0 Å². The van der Waals surface area contributed by atoms with E-state index >= 15 is 0 Å². The Morgan fingerprint density at radius 2 is 2.04 bits per heavy atom. The van der Waals surface area contributed by atoms with Crippen molar-refractivity contribution in [3.63, 3.8) is 0 Å². The lowest BCUT2D eigenvalue weighted by Gasteiger charge is -2.32. The van der Waals surface area contributed by atoms with Gasteiger partial charge in [0.25, 0.3) is 5.91 Å². The van der Waals surface area contributed by atoms with Crippen LogP contribution in [0.4, 0.5) is 15.8 Å². The topological polar surface area (TPSA) is 49.4 Å². The minimum atomic E-state index is -1.19. The van der Waals surface area contributed by atoms with Gasteiger partial charge >= 0.3 is 0 Å². The Kier molecular flexibility index (Phi) is 3.24. The maximum absolute atomic E-state index is 13.6. The second kappa shape index (κ2) is 5.07. The van der Waals surface area contributed by atoms with Crippen molar-refractivity contribution >= 4 is 50.9 Å². The van der Waals surface area contributed by atoms with Crippen molar-refractivity contribution in [2.24, 2.45) is 0 Å². The van der Waals surface area contributed by atoms with Gasteiger partial charge in [-0.25, -0.2) is 4.39 Å². The van der Waals surface area contributed by atoms with Gasteiger partial charge in [-0.2, -0.15) is 0 Å². The Labute approximate surface area is 144 Å². The Morgan fingerprint density at radius 1 is 1.22 bits per heavy atom. The molecular formula is C16H10BrFN2O2S. The molecule has 1 unspecified atom stereocenters. The predicted molar refractivity (Wildman–Crippen MR) is 90.8 cm³/mol. The van der Waals surface area contributed by atoms with E-state index < -0.39 is 10.7 Å². The number of benzene rings is 2. The number of hydrogen-bond donors (Lipinski definition) is 1. The number of amides is 2. The Bertz CT molecular complexity index is 860. The molecule has 0 radical (unpaired) electrons. The molecule has 1 saturated heterocycles. The zero-order chi connectivity index (χ0) is 16.2. The monoisotopic (exact) mass is 392 g/mol. The number of nitrogens with zero attached hydrogens (tertiary/aromatic N) is 1. The SMILES string of the molecule is O=C1CSC2(C(=O)Nc3ccc(Br)cc32)N1c1cccc(F)c1. The molecule has 1 N–H and O–H groups in total. The molecule has 0 aliphatic carbocycles. The Hall–Kier alpha value is -1.86. The molecule has 0 bridgehead atoms. The van der Waals surface area contributed by atoms with Gasteiger partial charge in [-0.3, -0.25) is 14.5 Å². The summed E-state index contributed by atoms with van der Waals surface area (Å²) in [6, 6.07) is 11.2. The summed E-state index contributed by atoms with van der Waals surface area (Å²) in [5.74, 6) is -0.792. The van der Waals surface area contributed by atoms with Gasteiger partial charge in [0.15, 0.2) is 0 Å². The summed E-state index contributed by atoms with van der Waals surface area (Å²) in [5, 5.41) is 2.82. The molecule has 7 heteroatoms. The van der Waals surface area contributed by atoms with E-state index in [1.54, 1.807) is 12.1 Å². The van der Waals surface area contributed by atoms with E-state index in [1.165, 1.54) is 34.9 Å². The second-order valence-corrected chi connectivity index (χ2v) is 7.37. The maximum Gasteiger partial charge on any atom is 0.266 e. The predicted octanol–water partition coefficient (Wildman–Crippen LogP) is 3.47. The smallest absolute Gasteiger partial charge is 0.266 e. The average molecular weight is 393 g/mol. The maximum atomic E-state index is 13.6. The van der Waals surface area contributed by atoms with Crippen LogP contribution in [0.3, 0.4) is 0 Å². The average Bonchev–Trinajstić information content (AvgIpc) is 2.99. The number of rotatable bonds is 1. The third kappa shape index (κ3) is 2.03. The number of fused-ring (bicyclic) bond motifs is 2. The van der Waals surface area contributed by atoms with E-state index in [9.17, 15) is 14.0 Å². The van der Waals surface area contributed by atoms with Crippen LogP contribution in [0, 0.1) is 5.82 Å². The number of carbonyl (C=O) groups excluding carboxylic acids is 2. The minimum absolute atomic E-state index is 0.163. The van der Waals surface area contributed by atoms with Crippen molar-refractivity contribution in [3.05, 3.63) is 58.3 Å². The van der Waals surface area contributed by atoms with Crippen LogP contribution < -0.4 is 10.2 Å². The fourth-order valence-electron chi connectivity index (χ4n) is 3.01. The highest BCUT2D eigenvalue weighted by Gasteiger charge is 2.58. The second-order valence-electron chi connectivity index (χ2n) is 5.29. The quantitative estimate of drug-likeness (QED) is 0.807. The van der Waals surface area contributed by atoms with Crippen molar-refractivity contribution in [3.8, 4) is 0 Å². The highest BCUT2D eigenvalue weighted by atomic mass is 79.9. The molecule has 2 aliphatic heterocycles. The summed E-state index contributed by atoms with van der Waals surface area (Å²) in [6.45, 7) is 0. The van der Waals surface area contributed by atoms with E-state index in [0.717, 1.165) is 4.47 Å². The van der Waals surface area contributed by atoms with Gasteiger partial charge in [0.2, 0.25) is 10.8 Å². The largest absolute Gasteiger partial charge is 0.323 e. The van der Waals surface area contributed by atoms with Crippen LogP contribution in [0.5, 0.6) is 0 Å². The van der Waals surface area contributed by atoms with Crippen molar-refractivity contribution in [1.82, 2.24) is 0 Å². The standard InChI is InChI=1S/C16H10BrFN2O2S/c17-9-4-5-13-12(6-9)16(15(22)19-13)20(14(21)8-23-16)11-3-1-2-10(18)7-11/h1-7H,8H2,(H,19,22). The first-order chi connectivity index (χ1) is 11.0. The number of hydrogen-bond acceptors (Lipinski definition) is 3. The zero-order valence-electron chi connectivity index (χ0n) is 11.7. The number of halogens is 2. The molecule has 23 heavy (non-hydrogen) atoms. The molecule has 2 amide bonds. The molecule has 4 rings (SSSR count). The molecule has 116 valence electrons. The van der Waals surface area contributed by atoms with Crippen molar-refractivity contribution in [2.75, 3.05) is 16.0 Å². The number of anilines is 2. The molecule has 2 heterocycles. The Morgan fingerprint density at radius 3 is 2.83 bits per heavy atom. The number of nitrogens with one attached hydrogen (secondary N) is 1. The number of thioether (sulfide) groups is 1. The van der Waals surface area contributed by atoms with Crippen LogP contribution in [0.1, 0.15) is 5.56 Å². The normalized spacial score (nSPS) is 22.6. The van der Waals surface area contributed by atoms with Gasteiger partial charge in [-0.15, -0.1) is 11.8 Å². The summed E-state index contributed by atoms with van der Waals surface area (Å²) < 4.78 is 14.4. The minimum Gasteiger partial charge on any atom is -0.323 e. The summed E-state index contributed by atoms with van der Waals surface area (Å²) in [5.41, 5.74) is 1.75. The first-order valence-corrected chi connectivity index (χ1v) is 8.64. The van der Waals surface area contributed by atoms with E-state index in [2.05, 4.69) is 21.2 Å². The van der Waals surface area contributed by atoms with Crippen molar-refractivity contribution in [1.29, 1.82) is 0 Å². The first kappa shape index (κ1) is 14.7. The summed E-state index contributed by atoms with van der Waals surface area (Å²) in [6.07, 6.45) is 0. The van der Waals surface area contributed by atoms with E-state index in [1.807, 2.05) is 12.1 Å². The Balaban J connectivity index is 1.95. The molecule has 4 nitrogen and oxygen atoms in total. The molecule has 1 fully saturated rings. The van der Waals surface area contributed by atoms with E-state index in [0.29, 0.717) is 16.9 Å². The molecule has 2 aromatic rings. The molecule has 2 aromatic carbocycles. The first-order valence-electron chi connectivity index (χ1n) is 6.86. The highest BCUT2D eigenvalue weighted by Crippen LogP contribution is 2.54. The third-order valence-corrected chi connectivity index (χ3v) is 5.83. The molecule has 0 saturated carbocycles. The fraction of sp³-hybridized carbons (Fsp3) is 0.125. The van der Waals surface area contributed by atoms with Crippen LogP contribution in [-0.4, -0.2) is 17.6 Å². The molecule has 1 spiro atoms. The molecule has 2 aliphatic rings. The highest BCUT2D eigenvalue weighted by molar-refractivity contribution is 9.10. The van der Waals surface area contributed by atoms with Crippen LogP contribution in [0.15, 0.2) is 46.9 Å². The number of carbonyl (C=O) groups is 2. The van der Waals surface area contributed by atoms with Crippen LogP contribution >= 0.6 is 27.7 Å². The van der Waals surface area contributed by atoms with Crippen molar-refractivity contribution in [2.45, 2.75) is 4.87 Å². The van der Waals surface area contributed by atoms with Gasteiger partial charge in [0, 0.05) is 21.4 Å². The van der Waals surface area contributed by atoms with Crippen LogP contribution in [0.25, 0.3) is 0 Å². The fourth-order valence-corrected chi connectivity index (χ4v) is 4.68. The lowest BCUT2D eigenvalue weighted by Crippen LogP contribution is -2.47. The van der Waals surface area contributed by atoms with Gasteiger partial charge < -0.3 is 5.32 Å². The molecule has 1 atom stereocenters. The lowest BCUT2D eigenvalue weighted by atomic mass is 10.0. The van der Waals surface area contributed by atoms with Gasteiger partial charge in [-0.05, 0) is 36.4 Å². The van der Waals surface area contributed by atoms with Gasteiger partial charge in [-0.1, -0.05) is 22.0 Å². The summed E-state index contributed by atoms with van der Waals surface area (Å²) in [7, 11) is 0. The van der Waals surface area contributed by atoms with E-state index in [-0.39, 0.29) is 17.6 Å². The summed E-state index contributed by atoms with van der Waals surface area (Å²) >= 11 is 4.66. The van der Waals surface area contributed by atoms with Gasteiger partial charge in [0.1, 0.15) is 5.82 Å². The molecule has 0 aromatic heterocycles.